The third-order valence-corrected chi connectivity index (χ3v) is 5.50. The third-order valence-electron chi connectivity index (χ3n) is 4.29. The summed E-state index contributed by atoms with van der Waals surface area (Å²) >= 11 is 3.90. The molecule has 0 bridgehead atoms. The lowest BCUT2D eigenvalue weighted by Crippen LogP contribution is -2.32. The van der Waals surface area contributed by atoms with E-state index in [-0.39, 0.29) is 0 Å². The molecule has 0 N–H and O–H groups in total. The molecule has 1 aliphatic rings. The Morgan fingerprint density at radius 1 is 1.12 bits per heavy atom. The molecule has 96 valence electrons. The SMILES string of the molecule is CCCCCC1CC(C(C)(C)C)CCC1Br. The zero-order chi connectivity index (χ0) is 12.2. The molecule has 0 spiro atoms. The fourth-order valence-electron chi connectivity index (χ4n) is 2.97. The van der Waals surface area contributed by atoms with E-state index in [2.05, 4.69) is 43.6 Å². The van der Waals surface area contributed by atoms with Gasteiger partial charge in [0.1, 0.15) is 0 Å². The minimum atomic E-state index is 0.510. The number of hydrogen-bond donors (Lipinski definition) is 0. The standard InChI is InChI=1S/C15H29Br/c1-5-6-7-8-12-11-13(15(2,3)4)9-10-14(12)16/h12-14H,5-11H2,1-4H3. The molecule has 1 rings (SSSR count). The number of rotatable bonds is 4. The summed E-state index contributed by atoms with van der Waals surface area (Å²) in [6.45, 7) is 9.53. The van der Waals surface area contributed by atoms with Crippen LogP contribution in [-0.4, -0.2) is 4.83 Å². The Hall–Kier alpha value is 0.480. The molecule has 0 amide bonds. The molecule has 0 aliphatic heterocycles. The van der Waals surface area contributed by atoms with Crippen LogP contribution in [0.5, 0.6) is 0 Å². The maximum Gasteiger partial charge on any atom is 0.0174 e. The van der Waals surface area contributed by atoms with Gasteiger partial charge in [0.25, 0.3) is 0 Å². The summed E-state index contributed by atoms with van der Waals surface area (Å²) in [5.74, 6) is 1.87. The van der Waals surface area contributed by atoms with E-state index in [0.717, 1.165) is 16.7 Å². The fourth-order valence-corrected chi connectivity index (χ4v) is 3.71. The zero-order valence-electron chi connectivity index (χ0n) is 11.6. The molecule has 0 radical (unpaired) electrons. The van der Waals surface area contributed by atoms with Gasteiger partial charge in [-0.3, -0.25) is 0 Å². The van der Waals surface area contributed by atoms with Crippen molar-refractivity contribution >= 4 is 15.9 Å². The lowest BCUT2D eigenvalue weighted by molar-refractivity contribution is 0.141. The van der Waals surface area contributed by atoms with Gasteiger partial charge in [-0.15, -0.1) is 0 Å². The van der Waals surface area contributed by atoms with Crippen LogP contribution in [0.15, 0.2) is 0 Å². The molecule has 0 heterocycles. The summed E-state index contributed by atoms with van der Waals surface area (Å²) in [6.07, 6.45) is 9.89. The molecule has 1 aliphatic carbocycles. The molecule has 3 unspecified atom stereocenters. The molecule has 0 nitrogen and oxygen atoms in total. The second kappa shape index (κ2) is 6.42. The summed E-state index contributed by atoms with van der Waals surface area (Å²) in [5, 5.41) is 0. The highest BCUT2D eigenvalue weighted by atomic mass is 79.9. The Morgan fingerprint density at radius 3 is 2.38 bits per heavy atom. The van der Waals surface area contributed by atoms with Crippen molar-refractivity contribution < 1.29 is 0 Å². The number of halogens is 1. The smallest absolute Gasteiger partial charge is 0.0174 e. The average Bonchev–Trinajstić information content (AvgIpc) is 2.19. The first-order valence-electron chi connectivity index (χ1n) is 7.09. The maximum atomic E-state index is 3.90. The van der Waals surface area contributed by atoms with Gasteiger partial charge in [0.05, 0.1) is 0 Å². The zero-order valence-corrected chi connectivity index (χ0v) is 13.1. The Bertz CT molecular complexity index is 192. The minimum absolute atomic E-state index is 0.510. The van der Waals surface area contributed by atoms with Crippen LogP contribution in [0.2, 0.25) is 0 Å². The quantitative estimate of drug-likeness (QED) is 0.453. The van der Waals surface area contributed by atoms with Crippen molar-refractivity contribution in [1.29, 1.82) is 0 Å². The molecule has 16 heavy (non-hydrogen) atoms. The lowest BCUT2D eigenvalue weighted by atomic mass is 9.68. The van der Waals surface area contributed by atoms with Crippen LogP contribution in [0.1, 0.15) is 72.6 Å². The number of hydrogen-bond acceptors (Lipinski definition) is 0. The molecule has 0 aromatic carbocycles. The van der Waals surface area contributed by atoms with Crippen LogP contribution in [0.25, 0.3) is 0 Å². The van der Waals surface area contributed by atoms with Crippen molar-refractivity contribution in [3.8, 4) is 0 Å². The van der Waals surface area contributed by atoms with Gasteiger partial charge in [0, 0.05) is 4.83 Å². The molecule has 3 atom stereocenters. The summed E-state index contributed by atoms with van der Waals surface area (Å²) in [4.78, 5) is 0.794. The molecule has 0 saturated heterocycles. The highest BCUT2D eigenvalue weighted by Gasteiger charge is 2.34. The van der Waals surface area contributed by atoms with Gasteiger partial charge in [-0.2, -0.15) is 0 Å². The van der Waals surface area contributed by atoms with Crippen molar-refractivity contribution in [2.24, 2.45) is 17.3 Å². The molecule has 1 fully saturated rings. The molecule has 0 aromatic rings. The maximum absolute atomic E-state index is 3.90. The first-order chi connectivity index (χ1) is 7.45. The third kappa shape index (κ3) is 4.39. The number of unbranched alkanes of at least 4 members (excludes halogenated alkanes) is 2. The topological polar surface area (TPSA) is 0 Å². The van der Waals surface area contributed by atoms with Crippen LogP contribution in [-0.2, 0) is 0 Å². The summed E-state index contributed by atoms with van der Waals surface area (Å²) in [5.41, 5.74) is 0.510. The summed E-state index contributed by atoms with van der Waals surface area (Å²) in [7, 11) is 0. The van der Waals surface area contributed by atoms with Crippen molar-refractivity contribution in [2.75, 3.05) is 0 Å². The second-order valence-electron chi connectivity index (χ2n) is 6.65. The number of alkyl halides is 1. The van der Waals surface area contributed by atoms with Gasteiger partial charge in [-0.25, -0.2) is 0 Å². The molecular weight excluding hydrogens is 260 g/mol. The second-order valence-corrected chi connectivity index (χ2v) is 7.82. The van der Waals surface area contributed by atoms with Crippen molar-refractivity contribution in [2.45, 2.75) is 77.5 Å². The lowest BCUT2D eigenvalue weighted by Gasteiger charge is -2.40. The van der Waals surface area contributed by atoms with E-state index in [1.54, 1.807) is 0 Å². The van der Waals surface area contributed by atoms with Crippen molar-refractivity contribution in [3.63, 3.8) is 0 Å². The van der Waals surface area contributed by atoms with Crippen LogP contribution in [0.4, 0.5) is 0 Å². The van der Waals surface area contributed by atoms with Gasteiger partial charge >= 0.3 is 0 Å². The van der Waals surface area contributed by atoms with Gasteiger partial charge in [-0.05, 0) is 42.9 Å². The van der Waals surface area contributed by atoms with E-state index in [1.807, 2.05) is 0 Å². The minimum Gasteiger partial charge on any atom is -0.0888 e. The summed E-state index contributed by atoms with van der Waals surface area (Å²) in [6, 6.07) is 0. The van der Waals surface area contributed by atoms with Gasteiger partial charge in [0.2, 0.25) is 0 Å². The highest BCUT2D eigenvalue weighted by molar-refractivity contribution is 9.09. The Labute approximate surface area is 111 Å². The van der Waals surface area contributed by atoms with Crippen LogP contribution < -0.4 is 0 Å². The average molecular weight is 289 g/mol. The van der Waals surface area contributed by atoms with Gasteiger partial charge in [0.15, 0.2) is 0 Å². The van der Waals surface area contributed by atoms with E-state index >= 15 is 0 Å². The van der Waals surface area contributed by atoms with E-state index in [9.17, 15) is 0 Å². The van der Waals surface area contributed by atoms with Crippen molar-refractivity contribution in [1.82, 2.24) is 0 Å². The monoisotopic (exact) mass is 288 g/mol. The Balaban J connectivity index is 2.42. The molecule has 1 heteroatoms. The van der Waals surface area contributed by atoms with Crippen molar-refractivity contribution in [3.05, 3.63) is 0 Å². The molecule has 0 aromatic heterocycles. The predicted octanol–water partition coefficient (Wildman–Crippen LogP) is 5.79. The van der Waals surface area contributed by atoms with E-state index < -0.39 is 0 Å². The molecular formula is C15H29Br. The van der Waals surface area contributed by atoms with Gasteiger partial charge in [-0.1, -0.05) is 62.9 Å². The first-order valence-corrected chi connectivity index (χ1v) is 8.00. The normalized spacial score (nSPS) is 31.7. The highest BCUT2D eigenvalue weighted by Crippen LogP contribution is 2.44. The fraction of sp³-hybridized carbons (Fsp3) is 1.00. The first kappa shape index (κ1) is 14.5. The van der Waals surface area contributed by atoms with E-state index in [0.29, 0.717) is 5.41 Å². The largest absolute Gasteiger partial charge is 0.0888 e. The van der Waals surface area contributed by atoms with Gasteiger partial charge < -0.3 is 0 Å². The Morgan fingerprint density at radius 2 is 1.81 bits per heavy atom. The van der Waals surface area contributed by atoms with Crippen LogP contribution in [0.3, 0.4) is 0 Å². The van der Waals surface area contributed by atoms with E-state index in [1.165, 1.54) is 44.9 Å². The predicted molar refractivity (Wildman–Crippen MR) is 77.1 cm³/mol. The summed E-state index contributed by atoms with van der Waals surface area (Å²) < 4.78 is 0. The Kier molecular flexibility index (Phi) is 5.84. The van der Waals surface area contributed by atoms with E-state index in [4.69, 9.17) is 0 Å². The van der Waals surface area contributed by atoms with Crippen LogP contribution in [0, 0.1) is 17.3 Å². The molecule has 1 saturated carbocycles. The van der Waals surface area contributed by atoms with Crippen LogP contribution >= 0.6 is 15.9 Å².